The van der Waals surface area contributed by atoms with E-state index in [1.165, 1.54) is 17.0 Å². The van der Waals surface area contributed by atoms with Crippen molar-refractivity contribution in [2.45, 2.75) is 63.7 Å². The van der Waals surface area contributed by atoms with E-state index in [0.717, 1.165) is 5.56 Å². The first-order valence-corrected chi connectivity index (χ1v) is 13.9. The Morgan fingerprint density at radius 3 is 2.19 bits per heavy atom. The second-order valence-electron chi connectivity index (χ2n) is 10.8. The van der Waals surface area contributed by atoms with Crippen LogP contribution in [0, 0.1) is 5.92 Å². The Morgan fingerprint density at radius 1 is 0.929 bits per heavy atom. The van der Waals surface area contributed by atoms with Gasteiger partial charge in [-0.15, -0.1) is 0 Å². The topological polar surface area (TPSA) is 191 Å². The van der Waals surface area contributed by atoms with Crippen LogP contribution in [0.5, 0.6) is 5.75 Å². The van der Waals surface area contributed by atoms with E-state index in [-0.39, 0.29) is 31.1 Å². The number of hydrogen-bond donors (Lipinski definition) is 6. The number of phenolic OH excluding ortho intramolecular Hbond substituents is 1. The highest BCUT2D eigenvalue weighted by Gasteiger charge is 2.36. The van der Waals surface area contributed by atoms with Crippen molar-refractivity contribution in [3.05, 3.63) is 65.7 Å². The third-order valence-electron chi connectivity index (χ3n) is 7.16. The molecule has 0 saturated carbocycles. The zero-order valence-corrected chi connectivity index (χ0v) is 23.8. The highest BCUT2D eigenvalue weighted by molar-refractivity contribution is 5.94. The van der Waals surface area contributed by atoms with Gasteiger partial charge in [0, 0.05) is 13.0 Å². The summed E-state index contributed by atoms with van der Waals surface area (Å²) in [6, 6.07) is 11.4. The molecule has 3 rings (SSSR count). The van der Waals surface area contributed by atoms with Gasteiger partial charge >= 0.3 is 5.97 Å². The summed E-state index contributed by atoms with van der Waals surface area (Å²) in [4.78, 5) is 64.9. The molecular weight excluding hydrogens is 542 g/mol. The van der Waals surface area contributed by atoms with Gasteiger partial charge in [-0.3, -0.25) is 19.2 Å². The van der Waals surface area contributed by atoms with E-state index < -0.39 is 60.3 Å². The number of nitrogens with two attached hydrogens (primary N) is 1. The van der Waals surface area contributed by atoms with Gasteiger partial charge in [-0.05, 0) is 48.4 Å². The number of nitrogens with zero attached hydrogens (tertiary/aromatic N) is 1. The van der Waals surface area contributed by atoms with Crippen molar-refractivity contribution >= 4 is 29.6 Å². The Morgan fingerprint density at radius 2 is 1.57 bits per heavy atom. The molecule has 0 bridgehead atoms. The maximum absolute atomic E-state index is 13.2. The summed E-state index contributed by atoms with van der Waals surface area (Å²) in [5.74, 6) is -3.69. The molecule has 0 aliphatic carbocycles. The van der Waals surface area contributed by atoms with Crippen LogP contribution >= 0.6 is 0 Å². The molecule has 1 aliphatic rings. The fourth-order valence-electron chi connectivity index (χ4n) is 4.80. The van der Waals surface area contributed by atoms with E-state index >= 15 is 0 Å². The number of phenols is 1. The molecule has 12 heteroatoms. The van der Waals surface area contributed by atoms with Gasteiger partial charge in [0.05, 0.1) is 12.6 Å². The van der Waals surface area contributed by atoms with Gasteiger partial charge in [-0.2, -0.15) is 0 Å². The maximum Gasteiger partial charge on any atom is 0.326 e. The number of carboxylic acids is 1. The van der Waals surface area contributed by atoms with Crippen molar-refractivity contribution in [1.29, 1.82) is 0 Å². The first-order chi connectivity index (χ1) is 20.0. The molecule has 2 aromatic rings. The molecule has 42 heavy (non-hydrogen) atoms. The number of benzene rings is 2. The van der Waals surface area contributed by atoms with Crippen molar-refractivity contribution in [2.75, 3.05) is 13.1 Å². The molecule has 7 N–H and O–H groups in total. The van der Waals surface area contributed by atoms with E-state index in [2.05, 4.69) is 16.0 Å². The molecule has 1 fully saturated rings. The molecule has 2 aromatic carbocycles. The van der Waals surface area contributed by atoms with Gasteiger partial charge in [-0.25, -0.2) is 4.79 Å². The minimum Gasteiger partial charge on any atom is -0.508 e. The summed E-state index contributed by atoms with van der Waals surface area (Å²) in [5, 5.41) is 26.8. The number of carbonyl (C=O) groups is 5. The zero-order valence-electron chi connectivity index (χ0n) is 23.8. The molecule has 0 aromatic heterocycles. The third kappa shape index (κ3) is 9.03. The highest BCUT2D eigenvalue weighted by Crippen LogP contribution is 2.18. The molecule has 1 saturated heterocycles. The summed E-state index contributed by atoms with van der Waals surface area (Å²) in [6.45, 7) is 3.21. The molecule has 4 atom stereocenters. The van der Waals surface area contributed by atoms with Crippen LogP contribution in [0.4, 0.5) is 0 Å². The minimum atomic E-state index is -1.16. The highest BCUT2D eigenvalue weighted by atomic mass is 16.4. The third-order valence-corrected chi connectivity index (χ3v) is 7.16. The lowest BCUT2D eigenvalue weighted by Gasteiger charge is -2.27. The number of aliphatic carboxylic acids is 1. The number of aromatic hydroxyl groups is 1. The van der Waals surface area contributed by atoms with Crippen LogP contribution in [-0.4, -0.2) is 82.0 Å². The molecule has 12 nitrogen and oxygen atoms in total. The van der Waals surface area contributed by atoms with Crippen LogP contribution < -0.4 is 21.7 Å². The largest absolute Gasteiger partial charge is 0.508 e. The molecule has 226 valence electrons. The predicted molar refractivity (Wildman–Crippen MR) is 154 cm³/mol. The lowest BCUT2D eigenvalue weighted by molar-refractivity contribution is -0.145. The average Bonchev–Trinajstić information content (AvgIpc) is 3.45. The van der Waals surface area contributed by atoms with Crippen LogP contribution in [0.3, 0.4) is 0 Å². The van der Waals surface area contributed by atoms with Gasteiger partial charge in [0.2, 0.25) is 23.6 Å². The van der Waals surface area contributed by atoms with Gasteiger partial charge < -0.3 is 36.8 Å². The molecule has 1 heterocycles. The first-order valence-electron chi connectivity index (χ1n) is 13.9. The summed E-state index contributed by atoms with van der Waals surface area (Å²) in [5.41, 5.74) is 7.64. The van der Waals surface area contributed by atoms with Crippen LogP contribution in [0.2, 0.25) is 0 Å². The van der Waals surface area contributed by atoms with E-state index in [1.54, 1.807) is 26.0 Å². The van der Waals surface area contributed by atoms with E-state index in [0.29, 0.717) is 18.4 Å². The quantitative estimate of drug-likeness (QED) is 0.195. The first kappa shape index (κ1) is 32.1. The van der Waals surface area contributed by atoms with Crippen LogP contribution in [0.25, 0.3) is 0 Å². The Kier molecular flexibility index (Phi) is 11.4. The number of likely N-dealkylation sites (tertiary alicyclic amines) is 1. The number of rotatable bonds is 13. The van der Waals surface area contributed by atoms with E-state index in [1.807, 2.05) is 30.3 Å². The van der Waals surface area contributed by atoms with Gasteiger partial charge in [0.1, 0.15) is 23.9 Å². The van der Waals surface area contributed by atoms with Gasteiger partial charge in [0.25, 0.3) is 0 Å². The van der Waals surface area contributed by atoms with Crippen molar-refractivity contribution in [3.63, 3.8) is 0 Å². The number of carboxylic acid groups (broad SMARTS) is 1. The number of nitrogens with one attached hydrogen (secondary N) is 3. The van der Waals surface area contributed by atoms with Crippen molar-refractivity contribution < 1.29 is 34.2 Å². The molecule has 4 amide bonds. The Hall–Kier alpha value is -4.45. The number of amides is 4. The summed E-state index contributed by atoms with van der Waals surface area (Å²) in [6.07, 6.45) is 1.26. The predicted octanol–water partition coefficient (Wildman–Crippen LogP) is 0.322. The van der Waals surface area contributed by atoms with Crippen molar-refractivity contribution in [1.82, 2.24) is 20.9 Å². The van der Waals surface area contributed by atoms with Crippen molar-refractivity contribution in [3.8, 4) is 5.75 Å². The lowest BCUT2D eigenvalue weighted by Crippen LogP contribution is -2.55. The van der Waals surface area contributed by atoms with Crippen LogP contribution in [-0.2, 0) is 36.8 Å². The summed E-state index contributed by atoms with van der Waals surface area (Å²) < 4.78 is 0. The lowest BCUT2D eigenvalue weighted by atomic mass is 10.0. The number of carbonyl (C=O) groups excluding carboxylic acids is 4. The Bertz CT molecular complexity index is 1250. The molecular formula is C30H39N5O7. The Labute approximate surface area is 244 Å². The van der Waals surface area contributed by atoms with Crippen LogP contribution in [0.15, 0.2) is 54.6 Å². The Balaban J connectivity index is 1.65. The van der Waals surface area contributed by atoms with Crippen molar-refractivity contribution in [2.24, 2.45) is 11.7 Å². The molecule has 0 radical (unpaired) electrons. The second kappa shape index (κ2) is 15.0. The van der Waals surface area contributed by atoms with Gasteiger partial charge in [-0.1, -0.05) is 56.3 Å². The van der Waals surface area contributed by atoms with E-state index in [4.69, 9.17) is 5.73 Å². The van der Waals surface area contributed by atoms with Gasteiger partial charge in [0.15, 0.2) is 0 Å². The van der Waals surface area contributed by atoms with E-state index in [9.17, 15) is 34.2 Å². The monoisotopic (exact) mass is 581 g/mol. The minimum absolute atomic E-state index is 0.0477. The summed E-state index contributed by atoms with van der Waals surface area (Å²) >= 11 is 0. The fraction of sp³-hybridized carbons (Fsp3) is 0.433. The maximum atomic E-state index is 13.2. The molecule has 4 unspecified atom stereocenters. The second-order valence-corrected chi connectivity index (χ2v) is 10.8. The zero-order chi connectivity index (χ0) is 30.8. The fourth-order valence-corrected chi connectivity index (χ4v) is 4.80. The van der Waals surface area contributed by atoms with Crippen LogP contribution in [0.1, 0.15) is 37.8 Å². The smallest absolute Gasteiger partial charge is 0.326 e. The molecule has 0 spiro atoms. The SMILES string of the molecule is CC(C)C(NC(=O)C1CCCN1C(=O)CNC(=O)C(Cc1ccc(O)cc1)NC(=O)C(N)Cc1ccccc1)C(=O)O. The normalized spacial score (nSPS) is 16.8. The number of hydrogen-bond acceptors (Lipinski definition) is 7. The average molecular weight is 582 g/mol. The summed E-state index contributed by atoms with van der Waals surface area (Å²) in [7, 11) is 0. The molecule has 1 aliphatic heterocycles. The standard InChI is InChI=1S/C30H39N5O7/c1-18(2)26(30(41)42)34-29(40)24-9-6-14-35(24)25(37)17-32-28(39)23(16-20-10-12-21(36)13-11-20)33-27(38)22(31)15-19-7-4-3-5-8-19/h3-5,7-8,10-13,18,22-24,26,36H,6,9,14-17,31H2,1-2H3,(H,32,39)(H,33,38)(H,34,40)(H,41,42).